The van der Waals surface area contributed by atoms with Crippen molar-refractivity contribution < 1.29 is 14.6 Å². The molecule has 1 N–H and O–H groups in total. The number of esters is 1. The summed E-state index contributed by atoms with van der Waals surface area (Å²) in [6, 6.07) is 7.57. The molecule has 1 rings (SSSR count). The van der Waals surface area contributed by atoms with E-state index in [2.05, 4.69) is 0 Å². The van der Waals surface area contributed by atoms with Crippen LogP contribution in [0.2, 0.25) is 0 Å². The molecule has 18 heavy (non-hydrogen) atoms. The predicted octanol–water partition coefficient (Wildman–Crippen LogP) is 2.95. The van der Waals surface area contributed by atoms with E-state index < -0.39 is 5.41 Å². The van der Waals surface area contributed by atoms with Crippen molar-refractivity contribution in [2.75, 3.05) is 6.61 Å². The molecule has 0 spiro atoms. The molecule has 0 aliphatic carbocycles. The number of hydrogen-bond acceptors (Lipinski definition) is 3. The highest BCUT2D eigenvalue weighted by molar-refractivity contribution is 5.78. The molecule has 0 aliphatic heterocycles. The van der Waals surface area contributed by atoms with Crippen LogP contribution >= 0.6 is 0 Å². The molecule has 0 radical (unpaired) electrons. The van der Waals surface area contributed by atoms with E-state index in [1.165, 1.54) is 0 Å². The summed E-state index contributed by atoms with van der Waals surface area (Å²) in [7, 11) is 0. The van der Waals surface area contributed by atoms with Crippen LogP contribution in [-0.2, 0) is 11.2 Å². The predicted molar refractivity (Wildman–Crippen MR) is 71.6 cm³/mol. The van der Waals surface area contributed by atoms with Crippen molar-refractivity contribution in [3.8, 4) is 5.75 Å². The van der Waals surface area contributed by atoms with E-state index in [0.29, 0.717) is 5.75 Å². The summed E-state index contributed by atoms with van der Waals surface area (Å²) >= 11 is 0. The van der Waals surface area contributed by atoms with Crippen molar-refractivity contribution in [3.63, 3.8) is 0 Å². The number of benzene rings is 1. The summed E-state index contributed by atoms with van der Waals surface area (Å²) in [5, 5.41) is 8.78. The van der Waals surface area contributed by atoms with Crippen molar-refractivity contribution in [1.82, 2.24) is 0 Å². The van der Waals surface area contributed by atoms with Gasteiger partial charge < -0.3 is 9.84 Å². The van der Waals surface area contributed by atoms with Gasteiger partial charge in [-0.05, 0) is 51.7 Å². The van der Waals surface area contributed by atoms with E-state index >= 15 is 0 Å². The maximum absolute atomic E-state index is 11.9. The van der Waals surface area contributed by atoms with Crippen LogP contribution in [0.4, 0.5) is 0 Å². The summed E-state index contributed by atoms with van der Waals surface area (Å²) in [4.78, 5) is 11.9. The van der Waals surface area contributed by atoms with E-state index in [4.69, 9.17) is 9.84 Å². The Hall–Kier alpha value is -1.35. The van der Waals surface area contributed by atoms with Gasteiger partial charge in [0, 0.05) is 6.61 Å². The molecule has 0 aliphatic rings. The molecule has 100 valence electrons. The highest BCUT2D eigenvalue weighted by Crippen LogP contribution is 2.24. The van der Waals surface area contributed by atoms with Crippen LogP contribution in [-0.4, -0.2) is 17.7 Å². The first-order chi connectivity index (χ1) is 8.45. The van der Waals surface area contributed by atoms with Crippen LogP contribution in [0.15, 0.2) is 24.3 Å². The van der Waals surface area contributed by atoms with Crippen LogP contribution in [0.3, 0.4) is 0 Å². The second-order valence-corrected chi connectivity index (χ2v) is 5.43. The third-order valence-corrected chi connectivity index (χ3v) is 2.64. The molecule has 0 saturated heterocycles. The summed E-state index contributed by atoms with van der Waals surface area (Å²) < 4.78 is 5.44. The zero-order chi connectivity index (χ0) is 13.6. The van der Waals surface area contributed by atoms with Crippen LogP contribution in [0.25, 0.3) is 0 Å². The number of carbonyl (C=O) groups is 1. The van der Waals surface area contributed by atoms with Gasteiger partial charge in [0.05, 0.1) is 5.41 Å². The highest BCUT2D eigenvalue weighted by Gasteiger charge is 2.24. The SMILES string of the molecule is CC(C)(C)C(=O)Oc1ccccc1CCCCO. The van der Waals surface area contributed by atoms with Gasteiger partial charge in [-0.1, -0.05) is 18.2 Å². The van der Waals surface area contributed by atoms with Crippen molar-refractivity contribution in [1.29, 1.82) is 0 Å². The third kappa shape index (κ3) is 4.49. The monoisotopic (exact) mass is 250 g/mol. The smallest absolute Gasteiger partial charge is 0.316 e. The fourth-order valence-corrected chi connectivity index (χ4v) is 1.49. The fourth-order valence-electron chi connectivity index (χ4n) is 1.49. The average Bonchev–Trinajstić information content (AvgIpc) is 2.30. The van der Waals surface area contributed by atoms with Crippen molar-refractivity contribution in [3.05, 3.63) is 29.8 Å². The summed E-state index contributed by atoms with van der Waals surface area (Å²) in [5.41, 5.74) is 0.515. The maximum atomic E-state index is 11.9. The lowest BCUT2D eigenvalue weighted by molar-refractivity contribution is -0.143. The number of unbranched alkanes of at least 4 members (excludes halogenated alkanes) is 1. The number of aliphatic hydroxyl groups excluding tert-OH is 1. The molecule has 0 aromatic heterocycles. The third-order valence-electron chi connectivity index (χ3n) is 2.64. The van der Waals surface area contributed by atoms with Gasteiger partial charge in [0.1, 0.15) is 5.75 Å². The first kappa shape index (κ1) is 14.7. The van der Waals surface area contributed by atoms with E-state index in [9.17, 15) is 4.79 Å². The lowest BCUT2D eigenvalue weighted by Gasteiger charge is -2.18. The van der Waals surface area contributed by atoms with Crippen molar-refractivity contribution in [2.45, 2.75) is 40.0 Å². The number of aliphatic hydroxyl groups is 1. The number of aryl methyl sites for hydroxylation is 1. The zero-order valence-electron chi connectivity index (χ0n) is 11.4. The van der Waals surface area contributed by atoms with Crippen molar-refractivity contribution in [2.24, 2.45) is 5.41 Å². The lowest BCUT2D eigenvalue weighted by Crippen LogP contribution is -2.25. The number of rotatable bonds is 5. The Kier molecular flexibility index (Phi) is 5.35. The molecule has 1 aromatic rings. The molecule has 0 saturated carbocycles. The first-order valence-electron chi connectivity index (χ1n) is 6.36. The summed E-state index contributed by atoms with van der Waals surface area (Å²) in [6.07, 6.45) is 2.47. The second kappa shape index (κ2) is 6.55. The van der Waals surface area contributed by atoms with Gasteiger partial charge in [-0.3, -0.25) is 4.79 Å². The normalized spacial score (nSPS) is 11.3. The van der Waals surface area contributed by atoms with Crippen molar-refractivity contribution >= 4 is 5.97 Å². The van der Waals surface area contributed by atoms with Gasteiger partial charge >= 0.3 is 5.97 Å². The topological polar surface area (TPSA) is 46.5 Å². The molecule has 0 unspecified atom stereocenters. The molecule has 0 bridgehead atoms. The molecule has 0 heterocycles. The molecular weight excluding hydrogens is 228 g/mol. The minimum Gasteiger partial charge on any atom is -0.426 e. The van der Waals surface area contributed by atoms with Gasteiger partial charge in [-0.15, -0.1) is 0 Å². The lowest BCUT2D eigenvalue weighted by atomic mass is 9.97. The molecule has 0 fully saturated rings. The van der Waals surface area contributed by atoms with Gasteiger partial charge in [0.25, 0.3) is 0 Å². The zero-order valence-corrected chi connectivity index (χ0v) is 11.4. The number of carbonyl (C=O) groups excluding carboxylic acids is 1. The van der Waals surface area contributed by atoms with Gasteiger partial charge in [-0.2, -0.15) is 0 Å². The standard InChI is InChI=1S/C15H22O3/c1-15(2,3)14(17)18-13-10-5-4-8-12(13)9-6-7-11-16/h4-5,8,10,16H,6-7,9,11H2,1-3H3. The van der Waals surface area contributed by atoms with Crippen LogP contribution in [0, 0.1) is 5.41 Å². The highest BCUT2D eigenvalue weighted by atomic mass is 16.5. The molecular formula is C15H22O3. The van der Waals surface area contributed by atoms with Crippen LogP contribution in [0.5, 0.6) is 5.75 Å². The van der Waals surface area contributed by atoms with Crippen LogP contribution in [0.1, 0.15) is 39.2 Å². The summed E-state index contributed by atoms with van der Waals surface area (Å²) in [6.45, 7) is 5.71. The number of ether oxygens (including phenoxy) is 1. The molecule has 3 nitrogen and oxygen atoms in total. The summed E-state index contributed by atoms with van der Waals surface area (Å²) in [5.74, 6) is 0.410. The first-order valence-corrected chi connectivity index (χ1v) is 6.36. The molecule has 0 amide bonds. The molecule has 1 aromatic carbocycles. The van der Waals surface area contributed by atoms with Gasteiger partial charge in [-0.25, -0.2) is 0 Å². The van der Waals surface area contributed by atoms with E-state index in [1.54, 1.807) is 0 Å². The number of hydrogen-bond donors (Lipinski definition) is 1. The Morgan fingerprint density at radius 3 is 2.50 bits per heavy atom. The number of para-hydroxylation sites is 1. The van der Waals surface area contributed by atoms with Crippen LogP contribution < -0.4 is 4.74 Å². The van der Waals surface area contributed by atoms with E-state index in [-0.39, 0.29) is 12.6 Å². The molecule has 3 heteroatoms. The fraction of sp³-hybridized carbons (Fsp3) is 0.533. The Balaban J connectivity index is 2.73. The largest absolute Gasteiger partial charge is 0.426 e. The molecule has 0 atom stereocenters. The minimum atomic E-state index is -0.502. The maximum Gasteiger partial charge on any atom is 0.316 e. The van der Waals surface area contributed by atoms with E-state index in [0.717, 1.165) is 24.8 Å². The second-order valence-electron chi connectivity index (χ2n) is 5.43. The van der Waals surface area contributed by atoms with E-state index in [1.807, 2.05) is 45.0 Å². The Labute approximate surface area is 109 Å². The van der Waals surface area contributed by atoms with Gasteiger partial charge in [0.2, 0.25) is 0 Å². The quantitative estimate of drug-likeness (QED) is 0.496. The Morgan fingerprint density at radius 1 is 1.22 bits per heavy atom. The van der Waals surface area contributed by atoms with Gasteiger partial charge in [0.15, 0.2) is 0 Å². The average molecular weight is 250 g/mol. The Bertz CT molecular complexity index is 391. The Morgan fingerprint density at radius 2 is 1.89 bits per heavy atom. The minimum absolute atomic E-state index is 0.198.